The predicted molar refractivity (Wildman–Crippen MR) is 114 cm³/mol. The maximum Gasteiger partial charge on any atom is 0.175 e. The van der Waals surface area contributed by atoms with Gasteiger partial charge in [0, 0.05) is 35.2 Å². The molecule has 0 saturated heterocycles. The molecule has 1 aromatic heterocycles. The Morgan fingerprint density at radius 3 is 2.55 bits per heavy atom. The number of nitrogens with zero attached hydrogens (tertiary/aromatic N) is 1. The second-order valence-corrected chi connectivity index (χ2v) is 9.04. The van der Waals surface area contributed by atoms with E-state index in [1.165, 1.54) is 6.20 Å². The topological polar surface area (TPSA) is 62.6 Å². The molecule has 148 valence electrons. The highest BCUT2D eigenvalue weighted by atomic mass is 79.9. The van der Waals surface area contributed by atoms with Crippen molar-refractivity contribution in [2.24, 2.45) is 5.92 Å². The fourth-order valence-corrected chi connectivity index (χ4v) is 5.52. The zero-order valence-electron chi connectivity index (χ0n) is 15.4. The highest BCUT2D eigenvalue weighted by Crippen LogP contribution is 2.68. The first-order valence-electron chi connectivity index (χ1n) is 9.50. The third-order valence-electron chi connectivity index (χ3n) is 6.31. The first-order chi connectivity index (χ1) is 14.0. The van der Waals surface area contributed by atoms with Gasteiger partial charge in [0.25, 0.3) is 0 Å². The smallest absolute Gasteiger partial charge is 0.175 e. The number of aliphatic hydroxyl groups is 2. The van der Waals surface area contributed by atoms with Gasteiger partial charge in [-0.25, -0.2) is 0 Å². The molecular formula is C23H19BrClNO3. The number of aromatic nitrogens is 1. The molecule has 4 nitrogen and oxygen atoms in total. The molecule has 2 N–H and O–H groups in total. The molecule has 2 heterocycles. The van der Waals surface area contributed by atoms with Crippen LogP contribution in [0.2, 0.25) is 5.02 Å². The van der Waals surface area contributed by atoms with E-state index in [9.17, 15) is 10.2 Å². The van der Waals surface area contributed by atoms with Gasteiger partial charge in [-0.2, -0.15) is 0 Å². The lowest BCUT2D eigenvalue weighted by Crippen LogP contribution is -2.51. The van der Waals surface area contributed by atoms with Crippen LogP contribution in [0.1, 0.15) is 29.2 Å². The van der Waals surface area contributed by atoms with E-state index in [2.05, 4.69) is 20.9 Å². The van der Waals surface area contributed by atoms with Gasteiger partial charge in [-0.3, -0.25) is 4.98 Å². The summed E-state index contributed by atoms with van der Waals surface area (Å²) in [5.41, 5.74) is -0.300. The van der Waals surface area contributed by atoms with Crippen LogP contribution in [0.15, 0.2) is 71.3 Å². The summed E-state index contributed by atoms with van der Waals surface area (Å²) in [6, 6.07) is 19.5. The Bertz CT molecular complexity index is 1060. The SMILES string of the molecule is OCC1C[C@@H](c2ccccc2)[C@]2(c3ccc(Br)cc3)Oc3cc(Cl)cnc3[C@]12O. The summed E-state index contributed by atoms with van der Waals surface area (Å²) in [6.45, 7) is -0.175. The highest BCUT2D eigenvalue weighted by molar-refractivity contribution is 9.10. The minimum absolute atomic E-state index is 0.175. The van der Waals surface area contributed by atoms with Gasteiger partial charge in [0.1, 0.15) is 11.4 Å². The van der Waals surface area contributed by atoms with E-state index < -0.39 is 17.1 Å². The van der Waals surface area contributed by atoms with Gasteiger partial charge >= 0.3 is 0 Å². The molecule has 0 bridgehead atoms. The quantitative estimate of drug-likeness (QED) is 0.576. The number of rotatable bonds is 3. The zero-order valence-corrected chi connectivity index (χ0v) is 17.8. The summed E-state index contributed by atoms with van der Waals surface area (Å²) in [5.74, 6) is -0.159. The van der Waals surface area contributed by atoms with Gasteiger partial charge in [0.15, 0.2) is 11.2 Å². The van der Waals surface area contributed by atoms with Crippen LogP contribution < -0.4 is 4.74 Å². The summed E-state index contributed by atoms with van der Waals surface area (Å²) >= 11 is 9.67. The minimum atomic E-state index is -1.49. The number of benzene rings is 2. The largest absolute Gasteiger partial charge is 0.476 e. The van der Waals surface area contributed by atoms with E-state index in [0.29, 0.717) is 22.9 Å². The molecule has 3 aromatic rings. The minimum Gasteiger partial charge on any atom is -0.476 e. The third kappa shape index (κ3) is 2.55. The number of pyridine rings is 1. The molecular weight excluding hydrogens is 454 g/mol. The van der Waals surface area contributed by atoms with Crippen LogP contribution in [0.4, 0.5) is 0 Å². The molecule has 1 aliphatic heterocycles. The standard InChI is InChI=1S/C23H19BrClNO3/c24-17-8-6-15(7-9-17)23-19(14-4-2-1-3-5-14)10-16(13-27)22(23,28)21-20(29-23)11-18(25)12-26-21/h1-9,11-12,16,19,27-28H,10,13H2/t16?,19-,22+,23-/m0/s1. The number of hydrogen-bond donors (Lipinski definition) is 2. The van der Waals surface area contributed by atoms with Crippen LogP contribution in [0, 0.1) is 5.92 Å². The van der Waals surface area contributed by atoms with Crippen molar-refractivity contribution in [3.05, 3.63) is 93.2 Å². The number of hydrogen-bond acceptors (Lipinski definition) is 4. The van der Waals surface area contributed by atoms with Gasteiger partial charge in [-0.05, 0) is 29.7 Å². The predicted octanol–water partition coefficient (Wildman–Crippen LogP) is 4.77. The molecule has 0 amide bonds. The fraction of sp³-hybridized carbons (Fsp3) is 0.261. The average molecular weight is 473 g/mol. The molecule has 1 unspecified atom stereocenters. The molecule has 6 heteroatoms. The van der Waals surface area contributed by atoms with Crippen molar-refractivity contribution >= 4 is 27.5 Å². The number of halogens is 2. The fourth-order valence-electron chi connectivity index (χ4n) is 5.11. The van der Waals surface area contributed by atoms with Crippen molar-refractivity contribution in [2.45, 2.75) is 23.5 Å². The summed E-state index contributed by atoms with van der Waals surface area (Å²) in [5, 5.41) is 22.9. The van der Waals surface area contributed by atoms with Crippen molar-refractivity contribution in [3.8, 4) is 5.75 Å². The second-order valence-electron chi connectivity index (χ2n) is 7.69. The molecule has 1 saturated carbocycles. The lowest BCUT2D eigenvalue weighted by molar-refractivity contribution is -0.136. The number of ether oxygens (including phenoxy) is 1. The maximum absolute atomic E-state index is 12.2. The Hall–Kier alpha value is -1.92. The summed E-state index contributed by atoms with van der Waals surface area (Å²) in [6.07, 6.45) is 2.08. The molecule has 0 radical (unpaired) electrons. The molecule has 1 fully saturated rings. The first kappa shape index (κ1) is 19.1. The Morgan fingerprint density at radius 2 is 1.86 bits per heavy atom. The van der Waals surface area contributed by atoms with E-state index in [1.54, 1.807) is 6.07 Å². The molecule has 29 heavy (non-hydrogen) atoms. The van der Waals surface area contributed by atoms with Crippen LogP contribution in [-0.2, 0) is 11.2 Å². The van der Waals surface area contributed by atoms with Crippen molar-refractivity contribution < 1.29 is 14.9 Å². The van der Waals surface area contributed by atoms with Crippen LogP contribution >= 0.6 is 27.5 Å². The van der Waals surface area contributed by atoms with Gasteiger partial charge in [-0.1, -0.05) is 70.0 Å². The molecule has 1 aliphatic carbocycles. The van der Waals surface area contributed by atoms with Crippen molar-refractivity contribution in [3.63, 3.8) is 0 Å². The molecule has 4 atom stereocenters. The first-order valence-corrected chi connectivity index (χ1v) is 10.7. The van der Waals surface area contributed by atoms with Gasteiger partial charge in [-0.15, -0.1) is 0 Å². The van der Waals surface area contributed by atoms with E-state index in [4.69, 9.17) is 16.3 Å². The normalized spacial score (nSPS) is 29.9. The second kappa shape index (κ2) is 6.81. The molecule has 2 aliphatic rings. The average Bonchev–Trinajstić information content (AvgIpc) is 3.13. The lowest BCUT2D eigenvalue weighted by atomic mass is 9.71. The lowest BCUT2D eigenvalue weighted by Gasteiger charge is -2.41. The number of aliphatic hydroxyl groups excluding tert-OH is 1. The highest BCUT2D eigenvalue weighted by Gasteiger charge is 2.73. The Kier molecular flexibility index (Phi) is 4.48. The summed E-state index contributed by atoms with van der Waals surface area (Å²) < 4.78 is 7.54. The molecule has 5 rings (SSSR count). The summed E-state index contributed by atoms with van der Waals surface area (Å²) in [7, 11) is 0. The van der Waals surface area contributed by atoms with Crippen LogP contribution in [0.5, 0.6) is 5.75 Å². The Labute approximate surface area is 182 Å². The molecule has 0 spiro atoms. The van der Waals surface area contributed by atoms with Crippen LogP contribution in [0.3, 0.4) is 0 Å². The van der Waals surface area contributed by atoms with Crippen molar-refractivity contribution in [1.82, 2.24) is 4.98 Å². The van der Waals surface area contributed by atoms with Gasteiger partial charge in [0.2, 0.25) is 0 Å². The van der Waals surface area contributed by atoms with Gasteiger partial charge < -0.3 is 14.9 Å². The molecule has 2 aromatic carbocycles. The van der Waals surface area contributed by atoms with E-state index in [0.717, 1.165) is 15.6 Å². The summed E-state index contributed by atoms with van der Waals surface area (Å²) in [4.78, 5) is 4.46. The van der Waals surface area contributed by atoms with E-state index >= 15 is 0 Å². The monoisotopic (exact) mass is 471 g/mol. The zero-order chi connectivity index (χ0) is 20.2. The van der Waals surface area contributed by atoms with Crippen LogP contribution in [0.25, 0.3) is 0 Å². The number of fused-ring (bicyclic) bond motifs is 3. The maximum atomic E-state index is 12.2. The van der Waals surface area contributed by atoms with E-state index in [-0.39, 0.29) is 12.5 Å². The van der Waals surface area contributed by atoms with Crippen molar-refractivity contribution in [2.75, 3.05) is 6.61 Å². The third-order valence-corrected chi connectivity index (χ3v) is 7.05. The Balaban J connectivity index is 1.81. The van der Waals surface area contributed by atoms with Crippen LogP contribution in [-0.4, -0.2) is 21.8 Å². The van der Waals surface area contributed by atoms with Gasteiger partial charge in [0.05, 0.1) is 5.02 Å². The van der Waals surface area contributed by atoms with E-state index in [1.807, 2.05) is 54.6 Å². The van der Waals surface area contributed by atoms with Crippen molar-refractivity contribution in [1.29, 1.82) is 0 Å². The Morgan fingerprint density at radius 1 is 1.14 bits per heavy atom.